The second-order valence-electron chi connectivity index (χ2n) is 5.30. The number of nitrogens with zero attached hydrogens (tertiary/aromatic N) is 1. The summed E-state index contributed by atoms with van der Waals surface area (Å²) >= 11 is 1.49. The van der Waals surface area contributed by atoms with Crippen molar-refractivity contribution in [3.05, 3.63) is 72.0 Å². The number of carbonyl (C=O) groups excluding carboxylic acids is 1. The lowest BCUT2D eigenvalue weighted by Gasteiger charge is -2.24. The van der Waals surface area contributed by atoms with Gasteiger partial charge in [0.25, 0.3) is 0 Å². The van der Waals surface area contributed by atoms with Gasteiger partial charge >= 0.3 is 0 Å². The van der Waals surface area contributed by atoms with E-state index >= 15 is 0 Å². The first kappa shape index (κ1) is 16.3. The Morgan fingerprint density at radius 3 is 2.50 bits per heavy atom. The summed E-state index contributed by atoms with van der Waals surface area (Å²) < 4.78 is 5.17. The van der Waals surface area contributed by atoms with Crippen LogP contribution in [0.1, 0.15) is 17.2 Å². The van der Waals surface area contributed by atoms with Crippen molar-refractivity contribution in [3.63, 3.8) is 0 Å². The third-order valence-electron chi connectivity index (χ3n) is 3.76. The molecule has 5 heteroatoms. The van der Waals surface area contributed by atoms with Gasteiger partial charge in [0.15, 0.2) is 5.78 Å². The van der Waals surface area contributed by atoms with Gasteiger partial charge in [-0.15, -0.1) is 0 Å². The molecule has 1 heterocycles. The Morgan fingerprint density at radius 2 is 1.88 bits per heavy atom. The fourth-order valence-corrected chi connectivity index (χ4v) is 3.72. The molecule has 1 atom stereocenters. The van der Waals surface area contributed by atoms with Gasteiger partial charge in [-0.1, -0.05) is 42.1 Å². The first-order chi connectivity index (χ1) is 11.7. The van der Waals surface area contributed by atoms with E-state index < -0.39 is 0 Å². The summed E-state index contributed by atoms with van der Waals surface area (Å²) in [4.78, 5) is 16.9. The molecule has 1 unspecified atom stereocenters. The number of carbonyl (C=O) groups is 1. The van der Waals surface area contributed by atoms with Gasteiger partial charge < -0.3 is 9.84 Å². The predicted octanol–water partition coefficient (Wildman–Crippen LogP) is 4.61. The van der Waals surface area contributed by atoms with E-state index in [1.807, 2.05) is 54.6 Å². The summed E-state index contributed by atoms with van der Waals surface area (Å²) in [5.74, 6) is 0.673. The zero-order chi connectivity index (χ0) is 16.9. The third kappa shape index (κ3) is 3.51. The maximum atomic E-state index is 12.4. The zero-order valence-electron chi connectivity index (χ0n) is 13.2. The molecule has 2 aromatic rings. The number of methoxy groups -OCH3 is 1. The Labute approximate surface area is 144 Å². The third-order valence-corrected chi connectivity index (χ3v) is 5.02. The van der Waals surface area contributed by atoms with E-state index in [1.54, 1.807) is 7.11 Å². The van der Waals surface area contributed by atoms with Gasteiger partial charge in [-0.25, -0.2) is 4.99 Å². The first-order valence-corrected chi connectivity index (χ1v) is 8.41. The molecule has 24 heavy (non-hydrogen) atoms. The highest BCUT2D eigenvalue weighted by Gasteiger charge is 2.31. The number of hydrogen-bond acceptors (Lipinski definition) is 5. The molecule has 1 aliphatic rings. The Balaban J connectivity index is 1.92. The van der Waals surface area contributed by atoms with Crippen molar-refractivity contribution in [1.29, 1.82) is 0 Å². The van der Waals surface area contributed by atoms with Gasteiger partial charge in [0.2, 0.25) is 0 Å². The lowest BCUT2D eigenvalue weighted by molar-refractivity contribution is -0.115. The topological polar surface area (TPSA) is 58.9 Å². The number of hydrogen-bond donors (Lipinski definition) is 1. The van der Waals surface area contributed by atoms with Gasteiger partial charge in [0.1, 0.15) is 10.8 Å². The number of thioether (sulfide) groups is 1. The van der Waals surface area contributed by atoms with Crippen molar-refractivity contribution >= 4 is 28.3 Å². The van der Waals surface area contributed by atoms with E-state index in [0.29, 0.717) is 11.5 Å². The van der Waals surface area contributed by atoms with Crippen LogP contribution in [-0.2, 0) is 4.79 Å². The summed E-state index contributed by atoms with van der Waals surface area (Å²) in [6, 6.07) is 17.1. The molecule has 122 valence electrons. The van der Waals surface area contributed by atoms with Crippen LogP contribution in [0.2, 0.25) is 0 Å². The molecule has 0 saturated carbocycles. The SMILES string of the molecule is COc1ccc(C2CC(=O)/C(=C\O)C(=Nc3ccccc3)S2)cc1. The number of aliphatic hydroxyl groups excluding tert-OH is 1. The number of para-hydroxylation sites is 1. The highest BCUT2D eigenvalue weighted by atomic mass is 32.2. The van der Waals surface area contributed by atoms with Crippen LogP contribution in [0.5, 0.6) is 5.75 Å². The molecule has 3 rings (SSSR count). The lowest BCUT2D eigenvalue weighted by Crippen LogP contribution is -2.20. The predicted molar refractivity (Wildman–Crippen MR) is 97.2 cm³/mol. The van der Waals surface area contributed by atoms with E-state index in [4.69, 9.17) is 4.74 Å². The normalized spacial score (nSPS) is 21.2. The maximum Gasteiger partial charge on any atom is 0.170 e. The van der Waals surface area contributed by atoms with Gasteiger partial charge in [-0.3, -0.25) is 4.79 Å². The summed E-state index contributed by atoms with van der Waals surface area (Å²) in [5, 5.41) is 9.95. The van der Waals surface area contributed by atoms with Gasteiger partial charge in [0.05, 0.1) is 24.6 Å². The Kier molecular flexibility index (Phi) is 5.01. The highest BCUT2D eigenvalue weighted by Crippen LogP contribution is 2.41. The van der Waals surface area contributed by atoms with Gasteiger partial charge in [-0.2, -0.15) is 0 Å². The van der Waals surface area contributed by atoms with Crippen LogP contribution in [0.25, 0.3) is 0 Å². The van der Waals surface area contributed by atoms with E-state index in [1.165, 1.54) is 11.8 Å². The first-order valence-electron chi connectivity index (χ1n) is 7.53. The largest absolute Gasteiger partial charge is 0.515 e. The number of ketones is 1. The fraction of sp³-hybridized carbons (Fsp3) is 0.158. The molecule has 1 N–H and O–H groups in total. The van der Waals surface area contributed by atoms with E-state index in [-0.39, 0.29) is 16.6 Å². The number of rotatable bonds is 3. The van der Waals surface area contributed by atoms with Crippen LogP contribution < -0.4 is 4.74 Å². The van der Waals surface area contributed by atoms with E-state index in [0.717, 1.165) is 23.3 Å². The van der Waals surface area contributed by atoms with Crippen LogP contribution >= 0.6 is 11.8 Å². The molecule has 0 amide bonds. The van der Waals surface area contributed by atoms with E-state index in [2.05, 4.69) is 4.99 Å². The van der Waals surface area contributed by atoms with Gasteiger partial charge in [0, 0.05) is 11.7 Å². The van der Waals surface area contributed by atoms with Crippen molar-refractivity contribution in [2.75, 3.05) is 7.11 Å². The molecule has 4 nitrogen and oxygen atoms in total. The van der Waals surface area contributed by atoms with Gasteiger partial charge in [-0.05, 0) is 29.8 Å². The van der Waals surface area contributed by atoms with E-state index in [9.17, 15) is 9.90 Å². The summed E-state index contributed by atoms with van der Waals surface area (Å²) in [5.41, 5.74) is 2.06. The average Bonchev–Trinajstić information content (AvgIpc) is 2.62. The minimum atomic E-state index is -0.105. The Hall–Kier alpha value is -2.53. The number of Topliss-reactive ketones (excluding diaryl/α,β-unsaturated/α-hetero) is 1. The highest BCUT2D eigenvalue weighted by molar-refractivity contribution is 8.14. The summed E-state index contributed by atoms with van der Waals surface area (Å²) in [6.45, 7) is 0. The van der Waals surface area contributed by atoms with Crippen LogP contribution in [0.15, 0.2) is 71.4 Å². The molecule has 2 aromatic carbocycles. The molecule has 1 saturated heterocycles. The lowest BCUT2D eigenvalue weighted by atomic mass is 10.0. The summed E-state index contributed by atoms with van der Waals surface area (Å²) in [6.07, 6.45) is 1.19. The second kappa shape index (κ2) is 7.36. The van der Waals surface area contributed by atoms with Crippen LogP contribution in [0.3, 0.4) is 0 Å². The molecule has 0 aliphatic carbocycles. The second-order valence-corrected chi connectivity index (χ2v) is 6.49. The molecular formula is C19H17NO3S. The molecule has 0 spiro atoms. The molecular weight excluding hydrogens is 322 g/mol. The van der Waals surface area contributed by atoms with Crippen molar-refractivity contribution in [2.24, 2.45) is 4.99 Å². The zero-order valence-corrected chi connectivity index (χ0v) is 14.0. The number of aliphatic hydroxyl groups is 1. The van der Waals surface area contributed by atoms with Crippen LogP contribution in [0.4, 0.5) is 5.69 Å². The smallest absolute Gasteiger partial charge is 0.170 e. The van der Waals surface area contributed by atoms with Crippen LogP contribution in [-0.4, -0.2) is 23.0 Å². The fourth-order valence-electron chi connectivity index (χ4n) is 2.48. The summed E-state index contributed by atoms with van der Waals surface area (Å²) in [7, 11) is 1.62. The average molecular weight is 339 g/mol. The monoisotopic (exact) mass is 339 g/mol. The maximum absolute atomic E-state index is 12.4. The number of benzene rings is 2. The molecule has 1 aliphatic heterocycles. The Morgan fingerprint density at radius 1 is 1.17 bits per heavy atom. The number of aliphatic imine (C=N–C) groups is 1. The van der Waals surface area contributed by atoms with Crippen molar-refractivity contribution in [3.8, 4) is 5.75 Å². The molecule has 1 fully saturated rings. The minimum Gasteiger partial charge on any atom is -0.515 e. The van der Waals surface area contributed by atoms with Crippen molar-refractivity contribution < 1.29 is 14.6 Å². The molecule has 0 bridgehead atoms. The van der Waals surface area contributed by atoms with Crippen molar-refractivity contribution in [1.82, 2.24) is 0 Å². The Bertz CT molecular complexity index is 782. The number of ether oxygens (including phenoxy) is 1. The minimum absolute atomic E-state index is 0.0328. The molecule has 0 aromatic heterocycles. The van der Waals surface area contributed by atoms with Crippen LogP contribution in [0, 0.1) is 0 Å². The quantitative estimate of drug-likeness (QED) is 0.655. The van der Waals surface area contributed by atoms with Crippen molar-refractivity contribution in [2.45, 2.75) is 11.7 Å². The standard InChI is InChI=1S/C19H17NO3S/c1-23-15-9-7-13(8-10-15)18-11-17(22)16(12-21)19(24-18)20-14-5-3-2-4-6-14/h2-10,12,18,21H,11H2,1H3/b16-12+,20-19?. The molecule has 0 radical (unpaired) electrons.